The summed E-state index contributed by atoms with van der Waals surface area (Å²) < 4.78 is 0. The largest absolute Gasteiger partial charge is 0.309 e. The Morgan fingerprint density at radius 1 is 1.39 bits per heavy atom. The van der Waals surface area contributed by atoms with Gasteiger partial charge in [-0.1, -0.05) is 30.1 Å². The van der Waals surface area contributed by atoms with Crippen molar-refractivity contribution in [3.8, 4) is 0 Å². The van der Waals surface area contributed by atoms with E-state index in [1.165, 1.54) is 17.3 Å². The fourth-order valence-electron chi connectivity index (χ4n) is 2.11. The molecule has 1 saturated heterocycles. The maximum Gasteiger partial charge on any atom is 0.0463 e. The molecular formula is C13H17Cl2NS2. The van der Waals surface area contributed by atoms with Gasteiger partial charge in [-0.25, -0.2) is 0 Å². The summed E-state index contributed by atoms with van der Waals surface area (Å²) in [6.07, 6.45) is 0. The minimum atomic E-state index is 0.291. The van der Waals surface area contributed by atoms with Crippen molar-refractivity contribution in [3.05, 3.63) is 33.8 Å². The topological polar surface area (TPSA) is 12.0 Å². The van der Waals surface area contributed by atoms with Gasteiger partial charge in [0.2, 0.25) is 0 Å². The Labute approximate surface area is 127 Å². The zero-order valence-electron chi connectivity index (χ0n) is 10.3. The molecule has 0 bridgehead atoms. The molecule has 100 valence electrons. The summed E-state index contributed by atoms with van der Waals surface area (Å²) in [5.74, 6) is 3.64. The van der Waals surface area contributed by atoms with Gasteiger partial charge < -0.3 is 5.32 Å². The van der Waals surface area contributed by atoms with Gasteiger partial charge in [0.1, 0.15) is 0 Å². The van der Waals surface area contributed by atoms with E-state index in [9.17, 15) is 0 Å². The predicted molar refractivity (Wildman–Crippen MR) is 86.5 cm³/mol. The van der Waals surface area contributed by atoms with Gasteiger partial charge >= 0.3 is 0 Å². The highest BCUT2D eigenvalue weighted by molar-refractivity contribution is 8.06. The molecule has 1 aromatic carbocycles. The quantitative estimate of drug-likeness (QED) is 0.877. The summed E-state index contributed by atoms with van der Waals surface area (Å²) in [5.41, 5.74) is 1.13. The lowest BCUT2D eigenvalue weighted by Gasteiger charge is -2.31. The SMILES string of the molecule is CCNC(c1cc(Cl)ccc1Cl)C1CSCCS1. The van der Waals surface area contributed by atoms with Gasteiger partial charge in [-0.15, -0.1) is 0 Å². The normalized spacial score (nSPS) is 21.8. The number of rotatable bonds is 4. The molecule has 2 rings (SSSR count). The van der Waals surface area contributed by atoms with Gasteiger partial charge in [0.05, 0.1) is 0 Å². The lowest BCUT2D eigenvalue weighted by Crippen LogP contribution is -2.33. The van der Waals surface area contributed by atoms with Crippen molar-refractivity contribution in [1.82, 2.24) is 5.32 Å². The van der Waals surface area contributed by atoms with Crippen molar-refractivity contribution >= 4 is 46.7 Å². The van der Waals surface area contributed by atoms with Crippen LogP contribution in [-0.4, -0.2) is 29.1 Å². The Bertz CT molecular complexity index is 395. The molecule has 0 saturated carbocycles. The van der Waals surface area contributed by atoms with Gasteiger partial charge in [-0.3, -0.25) is 0 Å². The second-order valence-corrected chi connectivity index (χ2v) is 7.53. The van der Waals surface area contributed by atoms with E-state index in [2.05, 4.69) is 12.2 Å². The Balaban J connectivity index is 2.24. The summed E-state index contributed by atoms with van der Waals surface area (Å²) >= 11 is 16.5. The molecule has 0 aliphatic carbocycles. The molecule has 1 aromatic rings. The predicted octanol–water partition coefficient (Wildman–Crippen LogP) is 4.49. The fourth-order valence-corrected chi connectivity index (χ4v) is 5.39. The molecule has 0 radical (unpaired) electrons. The third-order valence-electron chi connectivity index (χ3n) is 2.93. The molecule has 5 heteroatoms. The average Bonchev–Trinajstić information content (AvgIpc) is 2.40. The molecule has 1 aliphatic rings. The van der Waals surface area contributed by atoms with E-state index >= 15 is 0 Å². The molecular weight excluding hydrogens is 305 g/mol. The third-order valence-corrected chi connectivity index (χ3v) is 6.37. The molecule has 1 N–H and O–H groups in total. The maximum absolute atomic E-state index is 6.33. The zero-order chi connectivity index (χ0) is 13.0. The molecule has 1 fully saturated rings. The highest BCUT2D eigenvalue weighted by Gasteiger charge is 2.27. The lowest BCUT2D eigenvalue weighted by molar-refractivity contribution is 0.551. The van der Waals surface area contributed by atoms with Gasteiger partial charge in [-0.2, -0.15) is 23.5 Å². The van der Waals surface area contributed by atoms with Crippen LogP contribution in [-0.2, 0) is 0 Å². The van der Waals surface area contributed by atoms with Crippen molar-refractivity contribution in [3.63, 3.8) is 0 Å². The monoisotopic (exact) mass is 321 g/mol. The van der Waals surface area contributed by atoms with Gasteiger partial charge in [0, 0.05) is 38.6 Å². The Morgan fingerprint density at radius 2 is 2.22 bits per heavy atom. The van der Waals surface area contributed by atoms with Crippen molar-refractivity contribution in [2.45, 2.75) is 18.2 Å². The smallest absolute Gasteiger partial charge is 0.0463 e. The van der Waals surface area contributed by atoms with E-state index in [0.29, 0.717) is 11.3 Å². The first-order valence-corrected chi connectivity index (χ1v) is 9.06. The molecule has 1 nitrogen and oxygen atoms in total. The maximum atomic E-state index is 6.33. The number of thioether (sulfide) groups is 2. The Hall–Kier alpha value is 0.460. The van der Waals surface area contributed by atoms with Gasteiger partial charge in [0.15, 0.2) is 0 Å². The van der Waals surface area contributed by atoms with Crippen molar-refractivity contribution in [1.29, 1.82) is 0 Å². The number of hydrogen-bond acceptors (Lipinski definition) is 3. The number of hydrogen-bond donors (Lipinski definition) is 1. The van der Waals surface area contributed by atoms with Crippen LogP contribution in [0.4, 0.5) is 0 Å². The molecule has 0 amide bonds. The van der Waals surface area contributed by atoms with E-state index in [1.807, 2.05) is 41.7 Å². The molecule has 18 heavy (non-hydrogen) atoms. The van der Waals surface area contributed by atoms with Crippen molar-refractivity contribution in [2.24, 2.45) is 0 Å². The molecule has 0 spiro atoms. The van der Waals surface area contributed by atoms with Crippen LogP contribution < -0.4 is 5.32 Å². The zero-order valence-corrected chi connectivity index (χ0v) is 13.4. The Kier molecular flexibility index (Phi) is 6.02. The standard InChI is InChI=1S/C13H17Cl2NS2/c1-2-16-13(12-8-17-5-6-18-12)10-7-9(14)3-4-11(10)15/h3-4,7,12-13,16H,2,5-6,8H2,1H3. The highest BCUT2D eigenvalue weighted by atomic mass is 35.5. The van der Waals surface area contributed by atoms with Gasteiger partial charge in [-0.05, 0) is 30.3 Å². The summed E-state index contributed by atoms with van der Waals surface area (Å²) in [4.78, 5) is 0. The third kappa shape index (κ3) is 3.73. The van der Waals surface area contributed by atoms with E-state index in [1.54, 1.807) is 0 Å². The van der Waals surface area contributed by atoms with E-state index in [-0.39, 0.29) is 0 Å². The van der Waals surface area contributed by atoms with Crippen LogP contribution in [0.2, 0.25) is 10.0 Å². The van der Waals surface area contributed by atoms with E-state index in [4.69, 9.17) is 23.2 Å². The lowest BCUT2D eigenvalue weighted by atomic mass is 10.0. The molecule has 0 aromatic heterocycles. The first-order valence-electron chi connectivity index (χ1n) is 6.10. The van der Waals surface area contributed by atoms with Crippen LogP contribution >= 0.6 is 46.7 Å². The first kappa shape index (κ1) is 14.9. The van der Waals surface area contributed by atoms with Crippen LogP contribution in [0.1, 0.15) is 18.5 Å². The number of benzene rings is 1. The highest BCUT2D eigenvalue weighted by Crippen LogP contribution is 2.37. The minimum absolute atomic E-state index is 0.291. The molecule has 2 atom stereocenters. The number of halogens is 2. The first-order chi connectivity index (χ1) is 8.72. The van der Waals surface area contributed by atoms with Crippen molar-refractivity contribution in [2.75, 3.05) is 23.8 Å². The summed E-state index contributed by atoms with van der Waals surface area (Å²) in [5, 5.41) is 5.69. The summed E-state index contributed by atoms with van der Waals surface area (Å²) in [6, 6.07) is 6.03. The summed E-state index contributed by atoms with van der Waals surface area (Å²) in [7, 11) is 0. The van der Waals surface area contributed by atoms with Crippen LogP contribution in [0, 0.1) is 0 Å². The van der Waals surface area contributed by atoms with Crippen LogP contribution in [0.5, 0.6) is 0 Å². The van der Waals surface area contributed by atoms with Crippen LogP contribution in [0.15, 0.2) is 18.2 Å². The molecule has 1 aliphatic heterocycles. The Morgan fingerprint density at radius 3 is 2.89 bits per heavy atom. The second-order valence-electron chi connectivity index (χ2n) is 4.19. The number of nitrogens with one attached hydrogen (secondary N) is 1. The molecule has 2 unspecified atom stereocenters. The summed E-state index contributed by atoms with van der Waals surface area (Å²) in [6.45, 7) is 3.07. The second kappa shape index (κ2) is 7.30. The van der Waals surface area contributed by atoms with Crippen LogP contribution in [0.3, 0.4) is 0 Å². The van der Waals surface area contributed by atoms with Crippen molar-refractivity contribution < 1.29 is 0 Å². The average molecular weight is 322 g/mol. The molecule has 1 heterocycles. The van der Waals surface area contributed by atoms with Gasteiger partial charge in [0.25, 0.3) is 0 Å². The van der Waals surface area contributed by atoms with Crippen LogP contribution in [0.25, 0.3) is 0 Å². The fraction of sp³-hybridized carbons (Fsp3) is 0.538. The van der Waals surface area contributed by atoms with E-state index < -0.39 is 0 Å². The minimum Gasteiger partial charge on any atom is -0.309 e. The van der Waals surface area contributed by atoms with E-state index in [0.717, 1.165) is 22.2 Å².